The number of halogens is 1. The van der Waals surface area contributed by atoms with Crippen LogP contribution in [0.25, 0.3) is 5.69 Å². The summed E-state index contributed by atoms with van der Waals surface area (Å²) in [5.74, 6) is -0.878. The van der Waals surface area contributed by atoms with E-state index >= 15 is 0 Å². The predicted octanol–water partition coefficient (Wildman–Crippen LogP) is 1.52. The number of carbonyl (C=O) groups excluding carboxylic acids is 1. The van der Waals surface area contributed by atoms with Crippen LogP contribution in [0, 0.1) is 11.7 Å². The fraction of sp³-hybridized carbons (Fsp3) is 0.250. The number of carbonyl (C=O) groups is 1. The molecule has 5 nitrogen and oxygen atoms in total. The SMILES string of the molecule is O=C(Nc1ccc(-n2ccccc2=O)cc1F)[C@@H]1CCNC1. The fourth-order valence-corrected chi connectivity index (χ4v) is 2.51. The van der Waals surface area contributed by atoms with E-state index in [1.54, 1.807) is 24.4 Å². The van der Waals surface area contributed by atoms with Crippen molar-refractivity contribution >= 4 is 11.6 Å². The molecule has 0 aliphatic carbocycles. The van der Waals surface area contributed by atoms with Gasteiger partial charge < -0.3 is 10.6 Å². The van der Waals surface area contributed by atoms with Crippen LogP contribution in [0.15, 0.2) is 47.4 Å². The summed E-state index contributed by atoms with van der Waals surface area (Å²) in [6, 6.07) is 9.05. The molecular weight excluding hydrogens is 285 g/mol. The van der Waals surface area contributed by atoms with Crippen LogP contribution < -0.4 is 16.2 Å². The Balaban J connectivity index is 1.82. The minimum atomic E-state index is -0.562. The van der Waals surface area contributed by atoms with Gasteiger partial charge >= 0.3 is 0 Å². The largest absolute Gasteiger partial charge is 0.323 e. The van der Waals surface area contributed by atoms with Crippen molar-refractivity contribution in [2.45, 2.75) is 6.42 Å². The van der Waals surface area contributed by atoms with E-state index < -0.39 is 5.82 Å². The number of pyridine rings is 1. The van der Waals surface area contributed by atoms with Crippen molar-refractivity contribution in [2.75, 3.05) is 18.4 Å². The van der Waals surface area contributed by atoms with Crippen molar-refractivity contribution in [2.24, 2.45) is 5.92 Å². The Morgan fingerprint density at radius 1 is 1.32 bits per heavy atom. The Morgan fingerprint density at radius 3 is 2.86 bits per heavy atom. The summed E-state index contributed by atoms with van der Waals surface area (Å²) in [5.41, 5.74) is 0.309. The third kappa shape index (κ3) is 2.92. The molecule has 0 spiro atoms. The molecule has 22 heavy (non-hydrogen) atoms. The molecule has 1 aliphatic rings. The van der Waals surface area contributed by atoms with Gasteiger partial charge in [-0.05, 0) is 31.2 Å². The first-order valence-electron chi connectivity index (χ1n) is 7.14. The molecule has 114 valence electrons. The number of amides is 1. The van der Waals surface area contributed by atoms with E-state index in [9.17, 15) is 14.0 Å². The number of hydrogen-bond acceptors (Lipinski definition) is 3. The lowest BCUT2D eigenvalue weighted by atomic mass is 10.1. The fourth-order valence-electron chi connectivity index (χ4n) is 2.51. The van der Waals surface area contributed by atoms with Gasteiger partial charge in [0.25, 0.3) is 5.56 Å². The van der Waals surface area contributed by atoms with E-state index in [0.29, 0.717) is 12.2 Å². The molecule has 1 saturated heterocycles. The zero-order chi connectivity index (χ0) is 15.5. The van der Waals surface area contributed by atoms with Gasteiger partial charge in [-0.1, -0.05) is 6.07 Å². The maximum atomic E-state index is 14.2. The second-order valence-electron chi connectivity index (χ2n) is 5.25. The number of nitrogens with one attached hydrogen (secondary N) is 2. The maximum Gasteiger partial charge on any atom is 0.255 e. The van der Waals surface area contributed by atoms with Gasteiger partial charge in [0.1, 0.15) is 5.82 Å². The van der Waals surface area contributed by atoms with E-state index in [4.69, 9.17) is 0 Å². The first-order valence-corrected chi connectivity index (χ1v) is 7.14. The second-order valence-corrected chi connectivity index (χ2v) is 5.25. The first-order chi connectivity index (χ1) is 10.6. The highest BCUT2D eigenvalue weighted by Gasteiger charge is 2.23. The van der Waals surface area contributed by atoms with Crippen LogP contribution >= 0.6 is 0 Å². The van der Waals surface area contributed by atoms with Crippen molar-refractivity contribution < 1.29 is 9.18 Å². The molecule has 1 atom stereocenters. The minimum Gasteiger partial charge on any atom is -0.323 e. The smallest absolute Gasteiger partial charge is 0.255 e. The Labute approximate surface area is 126 Å². The molecule has 0 unspecified atom stereocenters. The van der Waals surface area contributed by atoms with E-state index in [0.717, 1.165) is 13.0 Å². The molecular formula is C16H16FN3O2. The summed E-state index contributed by atoms with van der Waals surface area (Å²) < 4.78 is 15.5. The molecule has 1 aromatic carbocycles. The topological polar surface area (TPSA) is 63.1 Å². The molecule has 1 aliphatic heterocycles. The summed E-state index contributed by atoms with van der Waals surface area (Å²) in [5, 5.41) is 5.70. The summed E-state index contributed by atoms with van der Waals surface area (Å²) in [6.45, 7) is 1.42. The van der Waals surface area contributed by atoms with Crippen LogP contribution in [0.1, 0.15) is 6.42 Å². The number of aromatic nitrogens is 1. The highest BCUT2D eigenvalue weighted by Crippen LogP contribution is 2.19. The van der Waals surface area contributed by atoms with Gasteiger partial charge in [-0.3, -0.25) is 14.2 Å². The second kappa shape index (κ2) is 6.11. The molecule has 6 heteroatoms. The van der Waals surface area contributed by atoms with Crippen molar-refractivity contribution in [1.29, 1.82) is 0 Å². The standard InChI is InChI=1S/C16H16FN3O2/c17-13-9-12(20-8-2-1-3-15(20)21)4-5-14(13)19-16(22)11-6-7-18-10-11/h1-5,8-9,11,18H,6-7,10H2,(H,19,22)/t11-/m1/s1. The van der Waals surface area contributed by atoms with Crippen molar-refractivity contribution in [3.8, 4) is 5.69 Å². The summed E-state index contributed by atoms with van der Waals surface area (Å²) in [7, 11) is 0. The predicted molar refractivity (Wildman–Crippen MR) is 81.6 cm³/mol. The molecule has 1 amide bonds. The quantitative estimate of drug-likeness (QED) is 0.903. The molecule has 1 aromatic heterocycles. The van der Waals surface area contributed by atoms with E-state index in [-0.39, 0.29) is 23.1 Å². The van der Waals surface area contributed by atoms with Crippen LogP contribution in [0.4, 0.5) is 10.1 Å². The summed E-state index contributed by atoms with van der Waals surface area (Å²) >= 11 is 0. The first kappa shape index (κ1) is 14.5. The van der Waals surface area contributed by atoms with E-state index in [1.165, 1.54) is 22.8 Å². The molecule has 1 fully saturated rings. The van der Waals surface area contributed by atoms with Gasteiger partial charge in [-0.15, -0.1) is 0 Å². The van der Waals surface area contributed by atoms with Crippen LogP contribution in [-0.4, -0.2) is 23.6 Å². The summed E-state index contributed by atoms with van der Waals surface area (Å²) in [4.78, 5) is 23.7. The molecule has 2 aromatic rings. The lowest BCUT2D eigenvalue weighted by Gasteiger charge is -2.12. The number of anilines is 1. The summed E-state index contributed by atoms with van der Waals surface area (Å²) in [6.07, 6.45) is 2.32. The Morgan fingerprint density at radius 2 is 2.18 bits per heavy atom. The monoisotopic (exact) mass is 301 g/mol. The highest BCUT2D eigenvalue weighted by atomic mass is 19.1. The Kier molecular flexibility index (Phi) is 4.02. The van der Waals surface area contributed by atoms with Gasteiger partial charge in [0.05, 0.1) is 17.3 Å². The van der Waals surface area contributed by atoms with Crippen LogP contribution in [0.2, 0.25) is 0 Å². The number of hydrogen-bond donors (Lipinski definition) is 2. The van der Waals surface area contributed by atoms with Gasteiger partial charge in [0.2, 0.25) is 5.91 Å². The number of nitrogens with zero attached hydrogens (tertiary/aromatic N) is 1. The Hall–Kier alpha value is -2.47. The average Bonchev–Trinajstić information content (AvgIpc) is 3.04. The lowest BCUT2D eigenvalue weighted by molar-refractivity contribution is -0.119. The highest BCUT2D eigenvalue weighted by molar-refractivity contribution is 5.93. The van der Waals surface area contributed by atoms with E-state index in [2.05, 4.69) is 10.6 Å². The third-order valence-corrected chi connectivity index (χ3v) is 3.74. The van der Waals surface area contributed by atoms with Gasteiger partial charge in [0.15, 0.2) is 0 Å². The number of benzene rings is 1. The molecule has 0 saturated carbocycles. The zero-order valence-corrected chi connectivity index (χ0v) is 11.9. The lowest BCUT2D eigenvalue weighted by Crippen LogP contribution is -2.25. The Bertz CT molecular complexity index is 751. The molecule has 3 rings (SSSR count). The van der Waals surface area contributed by atoms with Crippen molar-refractivity contribution in [3.05, 3.63) is 58.8 Å². The molecule has 2 heterocycles. The molecule has 2 N–H and O–H groups in total. The normalized spacial score (nSPS) is 17.4. The van der Waals surface area contributed by atoms with Crippen LogP contribution in [0.5, 0.6) is 0 Å². The van der Waals surface area contributed by atoms with Gasteiger partial charge in [0, 0.05) is 24.9 Å². The molecule has 0 radical (unpaired) electrons. The van der Waals surface area contributed by atoms with Crippen molar-refractivity contribution in [3.63, 3.8) is 0 Å². The minimum absolute atomic E-state index is 0.129. The van der Waals surface area contributed by atoms with Gasteiger partial charge in [-0.2, -0.15) is 0 Å². The van der Waals surface area contributed by atoms with E-state index in [1.807, 2.05) is 0 Å². The zero-order valence-electron chi connectivity index (χ0n) is 11.9. The molecule has 0 bridgehead atoms. The van der Waals surface area contributed by atoms with Crippen LogP contribution in [0.3, 0.4) is 0 Å². The maximum absolute atomic E-state index is 14.2. The number of rotatable bonds is 3. The van der Waals surface area contributed by atoms with Crippen LogP contribution in [-0.2, 0) is 4.79 Å². The average molecular weight is 301 g/mol. The van der Waals surface area contributed by atoms with Gasteiger partial charge in [-0.25, -0.2) is 4.39 Å². The van der Waals surface area contributed by atoms with Crippen molar-refractivity contribution in [1.82, 2.24) is 9.88 Å². The third-order valence-electron chi connectivity index (χ3n) is 3.74.